The molecule has 0 aromatic carbocycles. The summed E-state index contributed by atoms with van der Waals surface area (Å²) in [5, 5.41) is 2.90. The third-order valence-corrected chi connectivity index (χ3v) is 1.60. The van der Waals surface area contributed by atoms with Gasteiger partial charge in [0, 0.05) is 7.05 Å². The lowest BCUT2D eigenvalue weighted by molar-refractivity contribution is 1.03. The first-order valence-corrected chi connectivity index (χ1v) is 3.44. The number of imidazole rings is 1. The summed E-state index contributed by atoms with van der Waals surface area (Å²) in [6.07, 6.45) is 2.95. The highest BCUT2D eigenvalue weighted by Crippen LogP contribution is 2.14. The molecule has 2 aromatic heterocycles. The van der Waals surface area contributed by atoms with Crippen molar-refractivity contribution in [3.05, 3.63) is 12.7 Å². The fourth-order valence-electron chi connectivity index (χ4n) is 1.06. The summed E-state index contributed by atoms with van der Waals surface area (Å²) >= 11 is 0. The van der Waals surface area contributed by atoms with E-state index in [4.69, 9.17) is 5.84 Å². The summed E-state index contributed by atoms with van der Waals surface area (Å²) in [6.45, 7) is 0. The highest BCUT2D eigenvalue weighted by molar-refractivity contribution is 5.82. The van der Waals surface area contributed by atoms with Crippen molar-refractivity contribution >= 4 is 17.0 Å². The first kappa shape index (κ1) is 6.84. The van der Waals surface area contributed by atoms with Crippen molar-refractivity contribution in [2.45, 2.75) is 0 Å². The molecule has 0 aliphatic carbocycles. The minimum absolute atomic E-state index is 0.594. The number of fused-ring (bicyclic) bond motifs is 1. The molecule has 12 heavy (non-hydrogen) atoms. The number of hydrogen-bond acceptors (Lipinski definition) is 5. The summed E-state index contributed by atoms with van der Waals surface area (Å²) in [5.41, 5.74) is 1.30. The summed E-state index contributed by atoms with van der Waals surface area (Å²) in [5.74, 6) is 6.27. The van der Waals surface area contributed by atoms with Crippen molar-refractivity contribution in [1.29, 1.82) is 0 Å². The van der Waals surface area contributed by atoms with Crippen molar-refractivity contribution < 1.29 is 0 Å². The van der Waals surface area contributed by atoms with Crippen molar-refractivity contribution in [2.24, 2.45) is 0 Å². The topological polar surface area (TPSA) is 81.7 Å². The van der Waals surface area contributed by atoms with Crippen LogP contribution in [-0.4, -0.2) is 26.7 Å². The van der Waals surface area contributed by atoms with Gasteiger partial charge in [0.2, 0.25) is 0 Å². The Labute approximate surface area is 68.4 Å². The van der Waals surface area contributed by atoms with Crippen LogP contribution >= 0.6 is 0 Å². The number of anilines is 1. The third-order valence-electron chi connectivity index (χ3n) is 1.60. The Hall–Kier alpha value is -1.85. The molecule has 3 N–H and O–H groups in total. The van der Waals surface area contributed by atoms with Gasteiger partial charge in [-0.2, -0.15) is 0 Å². The van der Waals surface area contributed by atoms with Crippen molar-refractivity contribution in [3.63, 3.8) is 0 Å². The Bertz CT molecular complexity index is 405. The summed E-state index contributed by atoms with van der Waals surface area (Å²) in [7, 11) is 1.77. The average Bonchev–Trinajstić information content (AvgIpc) is 2.48. The second-order valence-corrected chi connectivity index (χ2v) is 2.30. The highest BCUT2D eigenvalue weighted by Gasteiger charge is 2.06. The van der Waals surface area contributed by atoms with Gasteiger partial charge in [-0.05, 0) is 0 Å². The molecule has 0 amide bonds. The molecule has 2 rings (SSSR count). The molecular weight excluding hydrogens is 156 g/mol. The van der Waals surface area contributed by atoms with E-state index in [1.807, 2.05) is 0 Å². The molecule has 0 radical (unpaired) electrons. The minimum atomic E-state index is 0.594. The molecule has 2 heterocycles. The zero-order chi connectivity index (χ0) is 8.55. The number of nitrogen functional groups attached to an aromatic ring is 1. The van der Waals surface area contributed by atoms with Gasteiger partial charge in [-0.15, -0.1) is 0 Å². The Kier molecular flexibility index (Phi) is 1.33. The molecule has 0 unspecified atom stereocenters. The number of nitrogens with one attached hydrogen (secondary N) is 1. The van der Waals surface area contributed by atoms with Crippen LogP contribution in [-0.2, 0) is 0 Å². The number of nitrogens with zero attached hydrogens (tertiary/aromatic N) is 4. The van der Waals surface area contributed by atoms with E-state index in [1.54, 1.807) is 7.05 Å². The first-order chi connectivity index (χ1) is 5.83. The van der Waals surface area contributed by atoms with Crippen LogP contribution in [0.1, 0.15) is 0 Å². The lowest BCUT2D eigenvalue weighted by Crippen LogP contribution is -2.08. The normalized spacial score (nSPS) is 10.4. The van der Waals surface area contributed by atoms with Crippen molar-refractivity contribution in [1.82, 2.24) is 19.6 Å². The maximum absolute atomic E-state index is 5.59. The molecule has 0 saturated carbocycles. The molecule has 6 heteroatoms. The molecular formula is C6H8N6. The van der Waals surface area contributed by atoms with Crippen molar-refractivity contribution in [3.8, 4) is 0 Å². The lowest BCUT2D eigenvalue weighted by atomic mass is 10.5. The minimum Gasteiger partial charge on any atom is -0.371 e. The Morgan fingerprint density at radius 1 is 1.42 bits per heavy atom. The maximum atomic E-state index is 5.59. The Morgan fingerprint density at radius 2 is 2.25 bits per heavy atom. The van der Waals surface area contributed by atoms with E-state index in [2.05, 4.69) is 20.3 Å². The van der Waals surface area contributed by atoms with Gasteiger partial charge in [0.15, 0.2) is 17.0 Å². The van der Waals surface area contributed by atoms with E-state index in [0.717, 1.165) is 0 Å². The van der Waals surface area contributed by atoms with Crippen LogP contribution in [0.3, 0.4) is 0 Å². The molecule has 6 nitrogen and oxygen atoms in total. The van der Waals surface area contributed by atoms with Crippen LogP contribution in [0.15, 0.2) is 12.7 Å². The summed E-state index contributed by atoms with van der Waals surface area (Å²) in [4.78, 5) is 11.9. The maximum Gasteiger partial charge on any atom is 0.184 e. The molecule has 0 atom stereocenters. The molecule has 2 aromatic rings. The van der Waals surface area contributed by atoms with Crippen LogP contribution in [0.5, 0.6) is 0 Å². The Morgan fingerprint density at radius 3 is 3.00 bits per heavy atom. The molecule has 0 bridgehead atoms. The monoisotopic (exact) mass is 164 g/mol. The number of hydrogen-bond donors (Lipinski definition) is 2. The molecule has 62 valence electrons. The fraction of sp³-hybridized carbons (Fsp3) is 0.167. The van der Waals surface area contributed by atoms with Gasteiger partial charge >= 0.3 is 0 Å². The highest BCUT2D eigenvalue weighted by atomic mass is 15.3. The van der Waals surface area contributed by atoms with Gasteiger partial charge in [0.05, 0.1) is 0 Å². The van der Waals surface area contributed by atoms with Crippen LogP contribution < -0.4 is 11.2 Å². The van der Waals surface area contributed by atoms with Gasteiger partial charge in [-0.1, -0.05) is 0 Å². The van der Waals surface area contributed by atoms with Gasteiger partial charge in [-0.25, -0.2) is 19.6 Å². The molecule has 0 aliphatic rings. The van der Waals surface area contributed by atoms with Gasteiger partial charge in [-0.3, -0.25) is 0 Å². The van der Waals surface area contributed by atoms with E-state index in [1.165, 1.54) is 17.3 Å². The average molecular weight is 164 g/mol. The molecule has 0 aliphatic heterocycles. The van der Waals surface area contributed by atoms with Crippen molar-refractivity contribution in [2.75, 3.05) is 18.2 Å². The number of rotatable bonds is 1. The van der Waals surface area contributed by atoms with E-state index in [9.17, 15) is 0 Å². The second-order valence-electron chi connectivity index (χ2n) is 2.30. The van der Waals surface area contributed by atoms with E-state index in [-0.39, 0.29) is 0 Å². The summed E-state index contributed by atoms with van der Waals surface area (Å²) in [6, 6.07) is 0. The first-order valence-electron chi connectivity index (χ1n) is 3.44. The van der Waals surface area contributed by atoms with Gasteiger partial charge in [0.1, 0.15) is 12.7 Å². The van der Waals surface area contributed by atoms with E-state index in [0.29, 0.717) is 17.0 Å². The lowest BCUT2D eigenvalue weighted by Gasteiger charge is -2.00. The third kappa shape index (κ3) is 0.777. The summed E-state index contributed by atoms with van der Waals surface area (Å²) < 4.78 is 1.39. The van der Waals surface area contributed by atoms with Gasteiger partial charge < -0.3 is 11.2 Å². The smallest absolute Gasteiger partial charge is 0.184 e. The molecule has 0 fully saturated rings. The van der Waals surface area contributed by atoms with Crippen LogP contribution in [0.4, 0.5) is 5.82 Å². The van der Waals surface area contributed by atoms with Crippen LogP contribution in [0.2, 0.25) is 0 Å². The SMILES string of the molecule is CNc1ncnc2ncn(N)c12. The fourth-order valence-corrected chi connectivity index (χ4v) is 1.06. The van der Waals surface area contributed by atoms with E-state index < -0.39 is 0 Å². The zero-order valence-electron chi connectivity index (χ0n) is 6.52. The standard InChI is InChI=1S/C6H8N6/c1-8-5-4-6(10-2-9-5)11-3-12(4)7/h2-3H,7H2,1H3,(H,8,9,10). The van der Waals surface area contributed by atoms with E-state index >= 15 is 0 Å². The van der Waals surface area contributed by atoms with Crippen LogP contribution in [0, 0.1) is 0 Å². The zero-order valence-corrected chi connectivity index (χ0v) is 6.52. The second kappa shape index (κ2) is 2.33. The molecule has 0 saturated heterocycles. The predicted molar refractivity (Wildman–Crippen MR) is 45.0 cm³/mol. The number of nitrogens with two attached hydrogens (primary N) is 1. The predicted octanol–water partition coefficient (Wildman–Crippen LogP) is -0.418. The van der Waals surface area contributed by atoms with Gasteiger partial charge in [0.25, 0.3) is 0 Å². The Balaban J connectivity index is 2.84. The quantitative estimate of drug-likeness (QED) is 0.559. The van der Waals surface area contributed by atoms with Crippen LogP contribution in [0.25, 0.3) is 11.2 Å². The largest absolute Gasteiger partial charge is 0.371 e. The molecule has 0 spiro atoms. The number of aromatic nitrogens is 4.